The molecule has 1 aromatic carbocycles. The highest BCUT2D eigenvalue weighted by Gasteiger charge is 2.26. The van der Waals surface area contributed by atoms with E-state index in [1.165, 1.54) is 38.6 Å². The summed E-state index contributed by atoms with van der Waals surface area (Å²) in [5.74, 6) is 1.67. The lowest BCUT2D eigenvalue weighted by Crippen LogP contribution is -2.35. The number of fused-ring (bicyclic) bond motifs is 1. The van der Waals surface area contributed by atoms with Crippen molar-refractivity contribution in [2.24, 2.45) is 17.6 Å². The summed E-state index contributed by atoms with van der Waals surface area (Å²) in [7, 11) is 0. The molecule has 5 nitrogen and oxygen atoms in total. The fraction of sp³-hybridized carbons (Fsp3) is 0.636. The number of carbonyl (C=O) groups is 1. The van der Waals surface area contributed by atoms with Gasteiger partial charge in [0.15, 0.2) is 5.58 Å². The Balaban J connectivity index is 1.22. The van der Waals surface area contributed by atoms with Crippen molar-refractivity contribution < 1.29 is 9.32 Å². The Morgan fingerprint density at radius 3 is 2.57 bits per heavy atom. The van der Waals surface area contributed by atoms with Gasteiger partial charge in [-0.3, -0.25) is 4.79 Å². The second kappa shape index (κ2) is 8.83. The first kappa shape index (κ1) is 19.7. The number of benzene rings is 1. The predicted octanol–water partition coefficient (Wildman–Crippen LogP) is 4.73. The molecule has 2 aromatic rings. The smallest absolute Gasteiger partial charge is 0.217 e. The molecule has 6 heteroatoms. The third-order valence-corrected chi connectivity index (χ3v) is 6.98. The van der Waals surface area contributed by atoms with Gasteiger partial charge in [-0.1, -0.05) is 29.6 Å². The Labute approximate surface area is 171 Å². The van der Waals surface area contributed by atoms with Crippen molar-refractivity contribution in [2.45, 2.75) is 57.3 Å². The highest BCUT2D eigenvalue weighted by Crippen LogP contribution is 2.35. The first-order valence-corrected chi connectivity index (χ1v) is 11.0. The molecule has 2 N–H and O–H groups in total. The van der Waals surface area contributed by atoms with Gasteiger partial charge in [-0.2, -0.15) is 0 Å². The number of amides is 1. The monoisotopic (exact) mass is 403 g/mol. The van der Waals surface area contributed by atoms with Crippen molar-refractivity contribution in [3.63, 3.8) is 0 Å². The second-order valence-corrected chi connectivity index (χ2v) is 9.11. The van der Waals surface area contributed by atoms with E-state index in [9.17, 15) is 4.79 Å². The lowest BCUT2D eigenvalue weighted by molar-refractivity contribution is -0.119. The van der Waals surface area contributed by atoms with Crippen LogP contribution in [0.3, 0.4) is 0 Å². The van der Waals surface area contributed by atoms with Crippen LogP contribution in [-0.4, -0.2) is 35.6 Å². The highest BCUT2D eigenvalue weighted by molar-refractivity contribution is 6.31. The standard InChI is InChI=1S/C22H30ClN3O2/c23-18-5-6-19-20(14-18)28-25-22(19)17-8-11-26(12-9-17)10-7-15-1-3-16(4-2-15)13-21(24)27/h5-6,14-17H,1-4,7-13H2,(H2,24,27). The Bertz CT molecular complexity index is 805. The van der Waals surface area contributed by atoms with Crippen LogP contribution in [0.1, 0.15) is 63.0 Å². The fourth-order valence-corrected chi connectivity index (χ4v) is 5.19. The summed E-state index contributed by atoms with van der Waals surface area (Å²) in [4.78, 5) is 13.7. The molecule has 1 aliphatic heterocycles. The van der Waals surface area contributed by atoms with Crippen LogP contribution in [0.4, 0.5) is 0 Å². The van der Waals surface area contributed by atoms with Gasteiger partial charge < -0.3 is 15.2 Å². The maximum Gasteiger partial charge on any atom is 0.217 e. The van der Waals surface area contributed by atoms with Gasteiger partial charge in [0.1, 0.15) is 0 Å². The van der Waals surface area contributed by atoms with Crippen molar-refractivity contribution >= 4 is 28.5 Å². The minimum Gasteiger partial charge on any atom is -0.370 e. The number of primary amides is 1. The number of likely N-dealkylation sites (tertiary alicyclic amines) is 1. The molecule has 1 amide bonds. The zero-order valence-corrected chi connectivity index (χ0v) is 17.2. The van der Waals surface area contributed by atoms with Crippen LogP contribution in [0.25, 0.3) is 11.0 Å². The average molecular weight is 404 g/mol. The lowest BCUT2D eigenvalue weighted by atomic mass is 9.79. The topological polar surface area (TPSA) is 72.4 Å². The molecule has 1 aromatic heterocycles. The fourth-order valence-electron chi connectivity index (χ4n) is 5.03. The quantitative estimate of drug-likeness (QED) is 0.756. The van der Waals surface area contributed by atoms with Gasteiger partial charge in [0.25, 0.3) is 0 Å². The van der Waals surface area contributed by atoms with Crippen LogP contribution < -0.4 is 5.73 Å². The first-order chi connectivity index (χ1) is 13.6. The molecular weight excluding hydrogens is 374 g/mol. The number of hydrogen-bond acceptors (Lipinski definition) is 4. The van der Waals surface area contributed by atoms with Crippen molar-refractivity contribution in [1.82, 2.24) is 10.1 Å². The van der Waals surface area contributed by atoms with Crippen molar-refractivity contribution in [1.29, 1.82) is 0 Å². The molecule has 1 aliphatic carbocycles. The van der Waals surface area contributed by atoms with Crippen LogP contribution >= 0.6 is 11.6 Å². The molecular formula is C22H30ClN3O2. The van der Waals surface area contributed by atoms with E-state index in [1.807, 2.05) is 18.2 Å². The molecule has 0 atom stereocenters. The van der Waals surface area contributed by atoms with E-state index in [0.29, 0.717) is 23.3 Å². The molecule has 28 heavy (non-hydrogen) atoms. The van der Waals surface area contributed by atoms with Gasteiger partial charge in [0.05, 0.1) is 5.69 Å². The Kier molecular flexibility index (Phi) is 6.22. The zero-order chi connectivity index (χ0) is 19.5. The largest absolute Gasteiger partial charge is 0.370 e. The molecule has 2 fully saturated rings. The molecule has 0 bridgehead atoms. The van der Waals surface area contributed by atoms with Crippen LogP contribution in [0.5, 0.6) is 0 Å². The number of rotatable bonds is 6. The number of piperidine rings is 1. The minimum atomic E-state index is -0.144. The molecule has 0 spiro atoms. The Hall–Kier alpha value is -1.59. The maximum absolute atomic E-state index is 11.1. The van der Waals surface area contributed by atoms with Crippen molar-refractivity contribution in [3.8, 4) is 0 Å². The van der Waals surface area contributed by atoms with Crippen molar-refractivity contribution in [2.75, 3.05) is 19.6 Å². The molecule has 1 saturated heterocycles. The van der Waals surface area contributed by atoms with Gasteiger partial charge in [0.2, 0.25) is 5.91 Å². The van der Waals surface area contributed by atoms with E-state index in [2.05, 4.69) is 10.1 Å². The SMILES string of the molecule is NC(=O)CC1CCC(CCN2CCC(c3noc4cc(Cl)ccc34)CC2)CC1. The Morgan fingerprint density at radius 2 is 1.86 bits per heavy atom. The minimum absolute atomic E-state index is 0.144. The highest BCUT2D eigenvalue weighted by atomic mass is 35.5. The molecule has 2 aliphatic rings. The van der Waals surface area contributed by atoms with E-state index in [-0.39, 0.29) is 5.91 Å². The number of halogens is 1. The number of carbonyl (C=O) groups excluding carboxylic acids is 1. The number of nitrogens with zero attached hydrogens (tertiary/aromatic N) is 2. The summed E-state index contributed by atoms with van der Waals surface area (Å²) in [6.45, 7) is 3.44. The van der Waals surface area contributed by atoms with E-state index in [4.69, 9.17) is 21.9 Å². The number of nitrogens with two attached hydrogens (primary N) is 1. The maximum atomic E-state index is 11.1. The lowest BCUT2D eigenvalue weighted by Gasteiger charge is -2.33. The Morgan fingerprint density at radius 1 is 1.14 bits per heavy atom. The van der Waals surface area contributed by atoms with Gasteiger partial charge in [-0.05, 0) is 75.7 Å². The number of hydrogen-bond donors (Lipinski definition) is 1. The first-order valence-electron chi connectivity index (χ1n) is 10.6. The van der Waals surface area contributed by atoms with Crippen LogP contribution in [-0.2, 0) is 4.79 Å². The molecule has 4 rings (SSSR count). The third kappa shape index (κ3) is 4.69. The van der Waals surface area contributed by atoms with E-state index < -0.39 is 0 Å². The van der Waals surface area contributed by atoms with E-state index >= 15 is 0 Å². The number of aromatic nitrogens is 1. The van der Waals surface area contributed by atoms with Crippen molar-refractivity contribution in [3.05, 3.63) is 28.9 Å². The molecule has 1 saturated carbocycles. The van der Waals surface area contributed by atoms with Gasteiger partial charge in [0, 0.05) is 28.8 Å². The summed E-state index contributed by atoms with van der Waals surface area (Å²) >= 11 is 6.05. The van der Waals surface area contributed by atoms with Crippen LogP contribution in [0.15, 0.2) is 22.7 Å². The average Bonchev–Trinajstić information content (AvgIpc) is 3.10. The molecule has 0 unspecified atom stereocenters. The summed E-state index contributed by atoms with van der Waals surface area (Å²) in [6, 6.07) is 5.79. The van der Waals surface area contributed by atoms with Crippen LogP contribution in [0, 0.1) is 11.8 Å². The second-order valence-electron chi connectivity index (χ2n) is 8.67. The molecule has 152 valence electrons. The third-order valence-electron chi connectivity index (χ3n) is 6.75. The van der Waals surface area contributed by atoms with E-state index in [1.54, 1.807) is 0 Å². The summed E-state index contributed by atoms with van der Waals surface area (Å²) in [5, 5.41) is 6.14. The van der Waals surface area contributed by atoms with Gasteiger partial charge >= 0.3 is 0 Å². The van der Waals surface area contributed by atoms with Gasteiger partial charge in [-0.25, -0.2) is 0 Å². The summed E-state index contributed by atoms with van der Waals surface area (Å²) in [5.41, 5.74) is 7.22. The zero-order valence-electron chi connectivity index (χ0n) is 16.4. The normalized spacial score (nSPS) is 24.6. The summed E-state index contributed by atoms with van der Waals surface area (Å²) < 4.78 is 5.49. The molecule has 0 radical (unpaired) electrons. The predicted molar refractivity (Wildman–Crippen MR) is 111 cm³/mol. The summed E-state index contributed by atoms with van der Waals surface area (Å²) in [6.07, 6.45) is 8.95. The molecule has 2 heterocycles. The van der Waals surface area contributed by atoms with Crippen LogP contribution in [0.2, 0.25) is 5.02 Å². The van der Waals surface area contributed by atoms with E-state index in [0.717, 1.165) is 48.5 Å². The van der Waals surface area contributed by atoms with Gasteiger partial charge in [-0.15, -0.1) is 0 Å².